The van der Waals surface area contributed by atoms with Crippen molar-refractivity contribution in [2.75, 3.05) is 0 Å². The van der Waals surface area contributed by atoms with Crippen molar-refractivity contribution >= 4 is 23.5 Å². The molecule has 0 rings (SSSR count). The number of hydrogen-bond acceptors (Lipinski definition) is 2. The lowest BCUT2D eigenvalue weighted by Gasteiger charge is -2.28. The molecule has 0 fully saturated rings. The van der Waals surface area contributed by atoms with Crippen LogP contribution in [0.5, 0.6) is 0 Å². The summed E-state index contributed by atoms with van der Waals surface area (Å²) < 4.78 is 129. The number of allylic oxidation sites excluding steroid dienone is 4. The van der Waals surface area contributed by atoms with Crippen LogP contribution in [0, 0.1) is 0 Å². The summed E-state index contributed by atoms with van der Waals surface area (Å²) in [5.41, 5.74) is 0. The van der Waals surface area contributed by atoms with Crippen LogP contribution in [-0.4, -0.2) is 33.7 Å². The fraction of sp³-hybridized carbons (Fsp3) is 0.750. The van der Waals surface area contributed by atoms with E-state index in [1.54, 1.807) is 0 Å². The van der Waals surface area contributed by atoms with Gasteiger partial charge in [-0.05, 0) is 12.2 Å². The van der Waals surface area contributed by atoms with E-state index in [0.717, 1.165) is 0 Å². The Bertz CT molecular complexity index is 545. The van der Waals surface area contributed by atoms with E-state index in [1.165, 1.54) is 41.5 Å². The number of alkyl halides is 10. The van der Waals surface area contributed by atoms with E-state index >= 15 is 0 Å². The summed E-state index contributed by atoms with van der Waals surface area (Å²) in [6, 6.07) is 0. The third-order valence-corrected chi connectivity index (χ3v) is 5.00. The summed E-state index contributed by atoms with van der Waals surface area (Å²) in [6.45, 7) is 7.73. The summed E-state index contributed by atoms with van der Waals surface area (Å²) in [6.07, 6.45) is -12.1. The Morgan fingerprint density at radius 2 is 0.714 bits per heavy atom. The minimum atomic E-state index is -6.05. The fourth-order valence-corrected chi connectivity index (χ4v) is 3.58. The van der Waals surface area contributed by atoms with Gasteiger partial charge in [0.15, 0.2) is 0 Å². The highest BCUT2D eigenvalue weighted by Crippen LogP contribution is 2.51. The molecule has 0 aliphatic carbocycles. The van der Waals surface area contributed by atoms with Gasteiger partial charge in [-0.25, -0.2) is 0 Å². The molecular weight excluding hydrogens is 446 g/mol. The Morgan fingerprint density at radius 1 is 0.500 bits per heavy atom. The molecule has 0 heterocycles. The van der Waals surface area contributed by atoms with Gasteiger partial charge in [0.25, 0.3) is 0 Å². The zero-order chi connectivity index (χ0) is 23.0. The highest BCUT2D eigenvalue weighted by molar-refractivity contribution is 8.04. The maximum Gasteiger partial charge on any atom is 0.458 e. The van der Waals surface area contributed by atoms with Gasteiger partial charge in [-0.1, -0.05) is 41.5 Å². The standard InChI is InChI=1S/C16H20F10S2/c1-11(2,3)27-9(13(17,18)15(21,22)23)7-8-10(28-12(4,5)6)14(19,20)16(24,25)26/h7-8H,1-6H3/b9-7-,10-8-. The van der Waals surface area contributed by atoms with Crippen LogP contribution in [0.2, 0.25) is 0 Å². The van der Waals surface area contributed by atoms with E-state index in [-0.39, 0.29) is 35.7 Å². The molecule has 166 valence electrons. The predicted molar refractivity (Wildman–Crippen MR) is 92.9 cm³/mol. The lowest BCUT2D eigenvalue weighted by atomic mass is 10.2. The van der Waals surface area contributed by atoms with Gasteiger partial charge in [-0.2, -0.15) is 43.9 Å². The molecule has 0 aromatic rings. The maximum absolute atomic E-state index is 13.8. The molecule has 0 bridgehead atoms. The molecule has 0 radical (unpaired) electrons. The molecule has 0 aliphatic heterocycles. The minimum Gasteiger partial charge on any atom is -0.190 e. The third kappa shape index (κ3) is 7.72. The Hall–Kier alpha value is -0.520. The number of hydrogen-bond donors (Lipinski definition) is 0. The molecule has 0 atom stereocenters. The SMILES string of the molecule is CC(C)(C)S/C(=C\C=C(/SC(C)(C)C)C(F)(F)C(F)(F)F)C(F)(F)C(F)(F)F. The van der Waals surface area contributed by atoms with Crippen LogP contribution < -0.4 is 0 Å². The van der Waals surface area contributed by atoms with E-state index < -0.39 is 43.5 Å². The molecule has 0 amide bonds. The van der Waals surface area contributed by atoms with Crippen molar-refractivity contribution in [2.45, 2.75) is 75.2 Å². The van der Waals surface area contributed by atoms with Gasteiger partial charge in [0.05, 0.1) is 9.81 Å². The van der Waals surface area contributed by atoms with Crippen LogP contribution in [0.3, 0.4) is 0 Å². The first-order chi connectivity index (χ1) is 11.9. The fourth-order valence-electron chi connectivity index (χ4n) is 1.50. The van der Waals surface area contributed by atoms with Crippen LogP contribution in [0.4, 0.5) is 43.9 Å². The summed E-state index contributed by atoms with van der Waals surface area (Å²) in [5.74, 6) is -10.8. The largest absolute Gasteiger partial charge is 0.458 e. The van der Waals surface area contributed by atoms with E-state index in [1.807, 2.05) is 0 Å². The zero-order valence-electron chi connectivity index (χ0n) is 15.8. The Morgan fingerprint density at radius 3 is 0.857 bits per heavy atom. The Balaban J connectivity index is 6.56. The van der Waals surface area contributed by atoms with Crippen molar-refractivity contribution in [1.29, 1.82) is 0 Å². The molecule has 0 saturated heterocycles. The van der Waals surface area contributed by atoms with Crippen LogP contribution in [0.25, 0.3) is 0 Å². The number of thioether (sulfide) groups is 2. The molecule has 0 N–H and O–H groups in total. The lowest BCUT2D eigenvalue weighted by Crippen LogP contribution is -2.39. The van der Waals surface area contributed by atoms with Gasteiger partial charge in [-0.3, -0.25) is 0 Å². The van der Waals surface area contributed by atoms with Crippen molar-refractivity contribution in [3.63, 3.8) is 0 Å². The topological polar surface area (TPSA) is 0 Å². The van der Waals surface area contributed by atoms with E-state index in [4.69, 9.17) is 0 Å². The van der Waals surface area contributed by atoms with Crippen molar-refractivity contribution in [3.05, 3.63) is 22.0 Å². The molecule has 0 unspecified atom stereocenters. The normalized spacial score (nSPS) is 16.6. The molecule has 0 aromatic heterocycles. The second-order valence-corrected chi connectivity index (χ2v) is 11.4. The monoisotopic (exact) mass is 466 g/mol. The van der Waals surface area contributed by atoms with Gasteiger partial charge in [0.1, 0.15) is 0 Å². The van der Waals surface area contributed by atoms with Gasteiger partial charge in [-0.15, -0.1) is 23.5 Å². The maximum atomic E-state index is 13.8. The predicted octanol–water partition coefficient (Wildman–Crippen LogP) is 8.21. The average Bonchev–Trinajstić information content (AvgIpc) is 2.36. The van der Waals surface area contributed by atoms with Gasteiger partial charge in [0, 0.05) is 9.49 Å². The van der Waals surface area contributed by atoms with Crippen LogP contribution in [-0.2, 0) is 0 Å². The van der Waals surface area contributed by atoms with Crippen LogP contribution in [0.1, 0.15) is 41.5 Å². The van der Waals surface area contributed by atoms with Crippen LogP contribution in [0.15, 0.2) is 22.0 Å². The lowest BCUT2D eigenvalue weighted by molar-refractivity contribution is -0.261. The number of halogens is 10. The summed E-state index contributed by atoms with van der Waals surface area (Å²) in [5, 5.41) is 0. The van der Waals surface area contributed by atoms with Gasteiger partial charge < -0.3 is 0 Å². The van der Waals surface area contributed by atoms with Crippen molar-refractivity contribution < 1.29 is 43.9 Å². The first-order valence-electron chi connectivity index (χ1n) is 7.62. The Kier molecular flexibility index (Phi) is 8.16. The molecule has 12 heteroatoms. The first kappa shape index (κ1) is 27.5. The number of rotatable bonds is 5. The highest BCUT2D eigenvalue weighted by atomic mass is 32.2. The minimum absolute atomic E-state index is 0.0167. The summed E-state index contributed by atoms with van der Waals surface area (Å²) in [4.78, 5) is -3.37. The quantitative estimate of drug-likeness (QED) is 0.296. The van der Waals surface area contributed by atoms with E-state index in [9.17, 15) is 43.9 Å². The molecule has 28 heavy (non-hydrogen) atoms. The molecule has 0 aromatic carbocycles. The second-order valence-electron chi connectivity index (χ2n) is 7.64. The Labute approximate surface area is 165 Å². The van der Waals surface area contributed by atoms with Crippen molar-refractivity contribution in [2.24, 2.45) is 0 Å². The van der Waals surface area contributed by atoms with E-state index in [0.29, 0.717) is 0 Å². The average molecular weight is 466 g/mol. The highest BCUT2D eigenvalue weighted by Gasteiger charge is 2.62. The van der Waals surface area contributed by atoms with Gasteiger partial charge >= 0.3 is 24.2 Å². The smallest absolute Gasteiger partial charge is 0.190 e. The van der Waals surface area contributed by atoms with Gasteiger partial charge in [0.2, 0.25) is 0 Å². The van der Waals surface area contributed by atoms with Crippen LogP contribution >= 0.6 is 23.5 Å². The molecular formula is C16H20F10S2. The van der Waals surface area contributed by atoms with Crippen molar-refractivity contribution in [1.82, 2.24) is 0 Å². The van der Waals surface area contributed by atoms with E-state index in [2.05, 4.69) is 0 Å². The molecule has 0 spiro atoms. The van der Waals surface area contributed by atoms with Crippen molar-refractivity contribution in [3.8, 4) is 0 Å². The summed E-state index contributed by atoms with van der Waals surface area (Å²) >= 11 is 0.0498. The zero-order valence-corrected chi connectivity index (χ0v) is 17.4. The first-order valence-corrected chi connectivity index (χ1v) is 9.25. The molecule has 0 aliphatic rings. The third-order valence-electron chi connectivity index (χ3n) is 2.55. The second kappa shape index (κ2) is 8.31. The molecule has 0 nitrogen and oxygen atoms in total. The molecule has 0 saturated carbocycles. The summed E-state index contributed by atoms with van der Waals surface area (Å²) in [7, 11) is 0.